The standard InChI is InChI=1S/C17H12ClN3O2/c18-12-6-7-13(16-20-8-9-21(16)17(19)23)14(10-12)15(22)11-4-2-1-3-5-11/h1-10H,(H2,19,23). The van der Waals surface area contributed by atoms with Crippen LogP contribution in [0, 0.1) is 0 Å². The van der Waals surface area contributed by atoms with Gasteiger partial charge in [0, 0.05) is 34.1 Å². The summed E-state index contributed by atoms with van der Waals surface area (Å²) < 4.78 is 1.19. The van der Waals surface area contributed by atoms with Crippen LogP contribution in [0.3, 0.4) is 0 Å². The van der Waals surface area contributed by atoms with Crippen molar-refractivity contribution in [3.05, 3.63) is 77.1 Å². The molecule has 5 nitrogen and oxygen atoms in total. The third-order valence-electron chi connectivity index (χ3n) is 3.38. The Morgan fingerprint density at radius 3 is 2.52 bits per heavy atom. The Bertz CT molecular complexity index is 888. The molecule has 0 aliphatic heterocycles. The highest BCUT2D eigenvalue weighted by Crippen LogP contribution is 2.27. The number of rotatable bonds is 3. The van der Waals surface area contributed by atoms with E-state index in [1.165, 1.54) is 17.0 Å². The highest BCUT2D eigenvalue weighted by Gasteiger charge is 2.19. The fraction of sp³-hybridized carbons (Fsp3) is 0. The third-order valence-corrected chi connectivity index (χ3v) is 3.62. The Hall–Kier alpha value is -2.92. The van der Waals surface area contributed by atoms with Gasteiger partial charge in [-0.05, 0) is 18.2 Å². The van der Waals surface area contributed by atoms with Crippen LogP contribution in [-0.4, -0.2) is 21.4 Å². The zero-order chi connectivity index (χ0) is 16.4. The minimum Gasteiger partial charge on any atom is -0.351 e. The second kappa shape index (κ2) is 6.06. The predicted octanol–water partition coefficient (Wildman–Crippen LogP) is 3.36. The molecule has 1 amide bonds. The van der Waals surface area contributed by atoms with Crippen molar-refractivity contribution in [1.29, 1.82) is 0 Å². The van der Waals surface area contributed by atoms with Crippen molar-refractivity contribution in [1.82, 2.24) is 9.55 Å². The van der Waals surface area contributed by atoms with E-state index in [1.54, 1.807) is 42.5 Å². The van der Waals surface area contributed by atoms with Gasteiger partial charge < -0.3 is 5.73 Å². The molecule has 1 aromatic heterocycles. The van der Waals surface area contributed by atoms with Crippen molar-refractivity contribution < 1.29 is 9.59 Å². The first-order valence-electron chi connectivity index (χ1n) is 6.81. The molecule has 3 rings (SSSR count). The number of hydrogen-bond donors (Lipinski definition) is 1. The van der Waals surface area contributed by atoms with E-state index in [0.29, 0.717) is 27.5 Å². The van der Waals surface area contributed by atoms with Crippen LogP contribution in [-0.2, 0) is 0 Å². The molecule has 6 heteroatoms. The van der Waals surface area contributed by atoms with Crippen molar-refractivity contribution in [2.45, 2.75) is 0 Å². The first kappa shape index (κ1) is 15.0. The van der Waals surface area contributed by atoms with E-state index >= 15 is 0 Å². The summed E-state index contributed by atoms with van der Waals surface area (Å²) in [7, 11) is 0. The fourth-order valence-corrected chi connectivity index (χ4v) is 2.50. The lowest BCUT2D eigenvalue weighted by molar-refractivity contribution is 0.103. The van der Waals surface area contributed by atoms with Crippen molar-refractivity contribution in [3.63, 3.8) is 0 Å². The molecule has 0 bridgehead atoms. The summed E-state index contributed by atoms with van der Waals surface area (Å²) in [6.45, 7) is 0. The second-order valence-electron chi connectivity index (χ2n) is 4.84. The number of carbonyl (C=O) groups excluding carboxylic acids is 2. The number of primary amides is 1. The minimum atomic E-state index is -0.675. The van der Waals surface area contributed by atoms with E-state index in [-0.39, 0.29) is 5.78 Å². The smallest absolute Gasteiger partial charge is 0.324 e. The van der Waals surface area contributed by atoms with E-state index in [9.17, 15) is 9.59 Å². The van der Waals surface area contributed by atoms with Crippen molar-refractivity contribution in [2.24, 2.45) is 5.73 Å². The predicted molar refractivity (Wildman–Crippen MR) is 87.5 cm³/mol. The van der Waals surface area contributed by atoms with Crippen molar-refractivity contribution in [2.75, 3.05) is 0 Å². The van der Waals surface area contributed by atoms with Gasteiger partial charge in [-0.1, -0.05) is 41.9 Å². The molecule has 114 valence electrons. The normalized spacial score (nSPS) is 10.5. The zero-order valence-corrected chi connectivity index (χ0v) is 12.7. The van der Waals surface area contributed by atoms with Crippen LogP contribution in [0.4, 0.5) is 4.79 Å². The first-order chi connectivity index (χ1) is 11.1. The van der Waals surface area contributed by atoms with E-state index in [4.69, 9.17) is 17.3 Å². The van der Waals surface area contributed by atoms with Gasteiger partial charge in [-0.2, -0.15) is 0 Å². The van der Waals surface area contributed by atoms with E-state index in [0.717, 1.165) is 0 Å². The van der Waals surface area contributed by atoms with Gasteiger partial charge in [0.05, 0.1) is 0 Å². The molecule has 0 saturated heterocycles. The highest BCUT2D eigenvalue weighted by atomic mass is 35.5. The maximum atomic E-state index is 12.8. The zero-order valence-electron chi connectivity index (χ0n) is 11.9. The van der Waals surface area contributed by atoms with E-state index < -0.39 is 6.03 Å². The van der Waals surface area contributed by atoms with Crippen LogP contribution >= 0.6 is 11.6 Å². The van der Waals surface area contributed by atoms with Crippen LogP contribution in [0.5, 0.6) is 0 Å². The van der Waals surface area contributed by atoms with Crippen LogP contribution < -0.4 is 5.73 Å². The maximum absolute atomic E-state index is 12.8. The number of halogens is 1. The summed E-state index contributed by atoms with van der Waals surface area (Å²) in [4.78, 5) is 28.4. The summed E-state index contributed by atoms with van der Waals surface area (Å²) in [6, 6.07) is 13.0. The van der Waals surface area contributed by atoms with Crippen LogP contribution in [0.15, 0.2) is 60.9 Å². The summed E-state index contributed by atoms with van der Waals surface area (Å²) >= 11 is 6.04. The third kappa shape index (κ3) is 2.86. The number of ketones is 1. The first-order valence-corrected chi connectivity index (χ1v) is 7.18. The molecule has 23 heavy (non-hydrogen) atoms. The molecule has 0 atom stereocenters. The van der Waals surface area contributed by atoms with Gasteiger partial charge in [0.2, 0.25) is 0 Å². The second-order valence-corrected chi connectivity index (χ2v) is 5.28. The lowest BCUT2D eigenvalue weighted by Gasteiger charge is -2.10. The quantitative estimate of drug-likeness (QED) is 0.750. The molecule has 0 saturated carbocycles. The monoisotopic (exact) mass is 325 g/mol. The number of imidazole rings is 1. The lowest BCUT2D eigenvalue weighted by atomic mass is 9.98. The molecular weight excluding hydrogens is 314 g/mol. The largest absolute Gasteiger partial charge is 0.351 e. The number of amides is 1. The summed E-state index contributed by atoms with van der Waals surface area (Å²) in [5.41, 5.74) is 6.71. The molecule has 0 radical (unpaired) electrons. The number of carbonyl (C=O) groups is 2. The minimum absolute atomic E-state index is 0.206. The number of aromatic nitrogens is 2. The van der Waals surface area contributed by atoms with Gasteiger partial charge in [0.1, 0.15) is 5.82 Å². The molecule has 2 aromatic carbocycles. The molecule has 0 aliphatic rings. The Kier molecular flexibility index (Phi) is 3.95. The van der Waals surface area contributed by atoms with Gasteiger partial charge in [-0.25, -0.2) is 9.78 Å². The lowest BCUT2D eigenvalue weighted by Crippen LogP contribution is -2.20. The average molecular weight is 326 g/mol. The molecule has 1 heterocycles. The molecular formula is C17H12ClN3O2. The SMILES string of the molecule is NC(=O)n1ccnc1-c1ccc(Cl)cc1C(=O)c1ccccc1. The maximum Gasteiger partial charge on any atom is 0.324 e. The van der Waals surface area contributed by atoms with Crippen LogP contribution in [0.25, 0.3) is 11.4 Å². The average Bonchev–Trinajstić information content (AvgIpc) is 3.04. The number of benzene rings is 2. The molecule has 2 N–H and O–H groups in total. The summed E-state index contributed by atoms with van der Waals surface area (Å²) in [5.74, 6) is 0.0931. The van der Waals surface area contributed by atoms with Gasteiger partial charge in [0.25, 0.3) is 0 Å². The molecule has 0 spiro atoms. The van der Waals surface area contributed by atoms with E-state index in [2.05, 4.69) is 4.98 Å². The molecule has 0 aliphatic carbocycles. The van der Waals surface area contributed by atoms with Crippen molar-refractivity contribution >= 4 is 23.4 Å². The van der Waals surface area contributed by atoms with Crippen molar-refractivity contribution in [3.8, 4) is 11.4 Å². The topological polar surface area (TPSA) is 78.0 Å². The van der Waals surface area contributed by atoms with Gasteiger partial charge >= 0.3 is 6.03 Å². The van der Waals surface area contributed by atoms with E-state index in [1.807, 2.05) is 6.07 Å². The molecule has 0 fully saturated rings. The Labute approximate surface area is 137 Å². The van der Waals surface area contributed by atoms with Gasteiger partial charge in [-0.3, -0.25) is 9.36 Å². The molecule has 0 unspecified atom stereocenters. The highest BCUT2D eigenvalue weighted by molar-refractivity contribution is 6.31. The van der Waals surface area contributed by atoms with Crippen LogP contribution in [0.2, 0.25) is 5.02 Å². The van der Waals surface area contributed by atoms with Gasteiger partial charge in [0.15, 0.2) is 5.78 Å². The number of hydrogen-bond acceptors (Lipinski definition) is 3. The number of nitrogens with two attached hydrogens (primary N) is 1. The Balaban J connectivity index is 2.18. The Morgan fingerprint density at radius 1 is 1.09 bits per heavy atom. The summed E-state index contributed by atoms with van der Waals surface area (Å²) in [5, 5.41) is 0.421. The Morgan fingerprint density at radius 2 is 1.83 bits per heavy atom. The van der Waals surface area contributed by atoms with Gasteiger partial charge in [-0.15, -0.1) is 0 Å². The van der Waals surface area contributed by atoms with Crippen LogP contribution in [0.1, 0.15) is 15.9 Å². The summed E-state index contributed by atoms with van der Waals surface area (Å²) in [6.07, 6.45) is 2.90. The number of nitrogens with zero attached hydrogens (tertiary/aromatic N) is 2. The molecule has 3 aromatic rings. The fourth-order valence-electron chi connectivity index (χ4n) is 2.32.